The first-order chi connectivity index (χ1) is 15.9. The van der Waals surface area contributed by atoms with Crippen LogP contribution in [0.15, 0.2) is 77.3 Å². The highest BCUT2D eigenvalue weighted by molar-refractivity contribution is 6.36. The summed E-state index contributed by atoms with van der Waals surface area (Å²) in [6, 6.07) is 20.6. The number of benzene rings is 3. The lowest BCUT2D eigenvalue weighted by Crippen LogP contribution is -2.47. The van der Waals surface area contributed by atoms with E-state index in [1.807, 2.05) is 54.6 Å². The van der Waals surface area contributed by atoms with Crippen molar-refractivity contribution in [2.24, 2.45) is 16.5 Å². The third kappa shape index (κ3) is 4.25. The van der Waals surface area contributed by atoms with Gasteiger partial charge in [0.15, 0.2) is 5.66 Å². The summed E-state index contributed by atoms with van der Waals surface area (Å²) in [6.45, 7) is 0.170. The molecule has 0 saturated carbocycles. The fraction of sp³-hybridized carbons (Fsp3) is 0.160. The van der Waals surface area contributed by atoms with Crippen molar-refractivity contribution in [1.82, 2.24) is 5.32 Å². The Morgan fingerprint density at radius 2 is 1.52 bits per heavy atom. The molecule has 4 rings (SSSR count). The second-order valence-corrected chi connectivity index (χ2v) is 8.32. The summed E-state index contributed by atoms with van der Waals surface area (Å²) in [4.78, 5) is 4.95. The summed E-state index contributed by atoms with van der Waals surface area (Å²) in [7, 11) is 3.24. The van der Waals surface area contributed by atoms with Crippen LogP contribution in [0.25, 0.3) is 5.70 Å². The highest BCUT2D eigenvalue weighted by atomic mass is 35.5. The quantitative estimate of drug-likeness (QED) is 0.479. The fourth-order valence-corrected chi connectivity index (χ4v) is 4.43. The highest BCUT2D eigenvalue weighted by Gasteiger charge is 2.40. The molecule has 0 aromatic heterocycles. The standard InChI is InChI=1S/C25H24Cl2N4O2/c1-32-18-7-3-5-15(11-18)25(16-6-4-8-19(12-16)33-2)30-23(21(14-28)24(29)31-25)20-10-9-17(26)13-22(20)27/h3-13,30H,14,28H2,1-2H3,(H2,29,31). The van der Waals surface area contributed by atoms with Crippen LogP contribution in [0.4, 0.5) is 0 Å². The molecule has 170 valence electrons. The molecule has 1 heterocycles. The van der Waals surface area contributed by atoms with Gasteiger partial charge in [0, 0.05) is 33.8 Å². The molecule has 0 saturated heterocycles. The molecular weight excluding hydrogens is 459 g/mol. The van der Waals surface area contributed by atoms with Crippen molar-refractivity contribution in [2.45, 2.75) is 5.66 Å². The molecule has 8 heteroatoms. The first-order valence-electron chi connectivity index (χ1n) is 10.2. The van der Waals surface area contributed by atoms with Crippen LogP contribution in [-0.4, -0.2) is 26.6 Å². The maximum absolute atomic E-state index is 6.59. The van der Waals surface area contributed by atoms with Crippen molar-refractivity contribution in [2.75, 3.05) is 20.8 Å². The second-order valence-electron chi connectivity index (χ2n) is 7.48. The summed E-state index contributed by atoms with van der Waals surface area (Å²) in [6.07, 6.45) is 0. The Morgan fingerprint density at radius 1 is 0.909 bits per heavy atom. The van der Waals surface area contributed by atoms with Gasteiger partial charge in [0.25, 0.3) is 0 Å². The van der Waals surface area contributed by atoms with Gasteiger partial charge < -0.3 is 26.3 Å². The third-order valence-corrected chi connectivity index (χ3v) is 6.13. The summed E-state index contributed by atoms with van der Waals surface area (Å²) >= 11 is 12.7. The van der Waals surface area contributed by atoms with Crippen LogP contribution in [0, 0.1) is 0 Å². The normalized spacial score (nSPS) is 15.0. The summed E-state index contributed by atoms with van der Waals surface area (Å²) in [5.41, 5.74) is 15.2. The van der Waals surface area contributed by atoms with Gasteiger partial charge in [-0.2, -0.15) is 0 Å². The average Bonchev–Trinajstić information content (AvgIpc) is 2.83. The molecule has 0 fully saturated rings. The van der Waals surface area contributed by atoms with Crippen LogP contribution in [0.3, 0.4) is 0 Å². The number of nitrogens with zero attached hydrogens (tertiary/aromatic N) is 1. The zero-order chi connectivity index (χ0) is 23.6. The van der Waals surface area contributed by atoms with Crippen molar-refractivity contribution in [1.29, 1.82) is 0 Å². The van der Waals surface area contributed by atoms with Gasteiger partial charge in [-0.15, -0.1) is 0 Å². The predicted octanol–water partition coefficient (Wildman–Crippen LogP) is 4.54. The van der Waals surface area contributed by atoms with Gasteiger partial charge in [0.1, 0.15) is 17.3 Å². The highest BCUT2D eigenvalue weighted by Crippen LogP contribution is 2.41. The number of halogens is 2. The van der Waals surface area contributed by atoms with Gasteiger partial charge in [-0.3, -0.25) is 0 Å². The number of ether oxygens (including phenoxy) is 2. The zero-order valence-corrected chi connectivity index (χ0v) is 19.7. The molecule has 0 atom stereocenters. The van der Waals surface area contributed by atoms with Crippen LogP contribution in [0.2, 0.25) is 10.0 Å². The molecule has 33 heavy (non-hydrogen) atoms. The maximum Gasteiger partial charge on any atom is 0.184 e. The minimum absolute atomic E-state index is 0.170. The zero-order valence-electron chi connectivity index (χ0n) is 18.2. The predicted molar refractivity (Wildman–Crippen MR) is 134 cm³/mol. The number of hydrogen-bond acceptors (Lipinski definition) is 6. The summed E-state index contributed by atoms with van der Waals surface area (Å²) in [5.74, 6) is 1.68. The lowest BCUT2D eigenvalue weighted by molar-refractivity contribution is 0.406. The summed E-state index contributed by atoms with van der Waals surface area (Å²) < 4.78 is 11.0. The van der Waals surface area contributed by atoms with Gasteiger partial charge in [-0.05, 0) is 42.5 Å². The van der Waals surface area contributed by atoms with Gasteiger partial charge in [-0.25, -0.2) is 4.99 Å². The topological polar surface area (TPSA) is 94.9 Å². The number of rotatable bonds is 6. The minimum atomic E-state index is -1.09. The first kappa shape index (κ1) is 23.0. The Kier molecular flexibility index (Phi) is 6.51. The van der Waals surface area contributed by atoms with Gasteiger partial charge in [0.05, 0.1) is 24.9 Å². The molecule has 6 nitrogen and oxygen atoms in total. The number of methoxy groups -OCH3 is 2. The molecule has 3 aromatic rings. The molecule has 0 amide bonds. The van der Waals surface area contributed by atoms with E-state index < -0.39 is 5.66 Å². The van der Waals surface area contributed by atoms with E-state index in [0.29, 0.717) is 38.7 Å². The van der Waals surface area contributed by atoms with Crippen molar-refractivity contribution >= 4 is 34.7 Å². The number of nitrogens with one attached hydrogen (secondary N) is 1. The molecule has 0 bridgehead atoms. The van der Waals surface area contributed by atoms with Crippen LogP contribution in [-0.2, 0) is 5.66 Å². The Morgan fingerprint density at radius 3 is 2.03 bits per heavy atom. The van der Waals surface area contributed by atoms with Crippen LogP contribution in [0.1, 0.15) is 16.7 Å². The van der Waals surface area contributed by atoms with Crippen LogP contribution in [0.5, 0.6) is 11.5 Å². The van der Waals surface area contributed by atoms with Crippen LogP contribution >= 0.6 is 23.2 Å². The molecule has 0 unspecified atom stereocenters. The Hall–Kier alpha value is -3.19. The lowest BCUT2D eigenvalue weighted by Gasteiger charge is -2.39. The van der Waals surface area contributed by atoms with E-state index in [1.165, 1.54) is 0 Å². The van der Waals surface area contributed by atoms with E-state index in [4.69, 9.17) is 49.1 Å². The molecule has 0 spiro atoms. The van der Waals surface area contributed by atoms with Crippen molar-refractivity contribution < 1.29 is 9.47 Å². The average molecular weight is 483 g/mol. The smallest absolute Gasteiger partial charge is 0.184 e. The summed E-state index contributed by atoms with van der Waals surface area (Å²) in [5, 5.41) is 4.60. The first-order valence-corrected chi connectivity index (χ1v) is 11.0. The Labute approximate surface area is 202 Å². The molecular formula is C25H24Cl2N4O2. The van der Waals surface area contributed by atoms with E-state index in [2.05, 4.69) is 5.32 Å². The number of amidine groups is 1. The lowest BCUT2D eigenvalue weighted by atomic mass is 9.87. The van der Waals surface area contributed by atoms with Crippen LogP contribution < -0.4 is 26.3 Å². The van der Waals surface area contributed by atoms with E-state index in [0.717, 1.165) is 16.7 Å². The molecule has 1 aliphatic heterocycles. The van der Waals surface area contributed by atoms with E-state index in [1.54, 1.807) is 26.4 Å². The van der Waals surface area contributed by atoms with E-state index in [-0.39, 0.29) is 6.54 Å². The number of aliphatic imine (C=N–C) groups is 1. The van der Waals surface area contributed by atoms with Gasteiger partial charge in [-0.1, -0.05) is 47.5 Å². The monoisotopic (exact) mass is 482 g/mol. The number of hydrogen-bond donors (Lipinski definition) is 3. The second kappa shape index (κ2) is 9.35. The molecule has 0 radical (unpaired) electrons. The van der Waals surface area contributed by atoms with Crippen molar-refractivity contribution in [3.63, 3.8) is 0 Å². The van der Waals surface area contributed by atoms with Gasteiger partial charge >= 0.3 is 0 Å². The minimum Gasteiger partial charge on any atom is -0.497 e. The Bertz CT molecular complexity index is 1210. The molecule has 1 aliphatic rings. The Balaban J connectivity index is 2.00. The van der Waals surface area contributed by atoms with Crippen molar-refractivity contribution in [3.05, 3.63) is 99.0 Å². The van der Waals surface area contributed by atoms with Gasteiger partial charge in [0.2, 0.25) is 0 Å². The van der Waals surface area contributed by atoms with Crippen molar-refractivity contribution in [3.8, 4) is 11.5 Å². The fourth-order valence-electron chi connectivity index (χ4n) is 3.93. The van der Waals surface area contributed by atoms with E-state index >= 15 is 0 Å². The third-order valence-electron chi connectivity index (χ3n) is 5.58. The number of nitrogens with two attached hydrogens (primary N) is 2. The maximum atomic E-state index is 6.59. The molecule has 0 aliphatic carbocycles. The molecule has 3 aromatic carbocycles. The SMILES string of the molecule is COc1cccc(C2(c3cccc(OC)c3)N=C(N)C(CN)=C(c3ccc(Cl)cc3Cl)N2)c1. The largest absolute Gasteiger partial charge is 0.497 e. The van der Waals surface area contributed by atoms with E-state index in [9.17, 15) is 0 Å². The molecule has 5 N–H and O–H groups in total.